The predicted molar refractivity (Wildman–Crippen MR) is 95.9 cm³/mol. The number of halogens is 1. The Morgan fingerprint density at radius 3 is 2.57 bits per heavy atom. The van der Waals surface area contributed by atoms with Gasteiger partial charge in [-0.3, -0.25) is 4.99 Å². The topological polar surface area (TPSA) is 54.9 Å². The third-order valence-corrected chi connectivity index (χ3v) is 3.41. The van der Waals surface area contributed by atoms with Crippen molar-refractivity contribution in [2.24, 2.45) is 10.9 Å². The Kier molecular flexibility index (Phi) is 7.63. The number of benzene rings is 1. The number of nitrogens with one attached hydrogen (secondary N) is 2. The molecule has 0 aliphatic heterocycles. The van der Waals surface area contributed by atoms with Crippen LogP contribution in [0.5, 0.6) is 11.5 Å². The summed E-state index contributed by atoms with van der Waals surface area (Å²) in [7, 11) is 5.08. The van der Waals surface area contributed by atoms with E-state index in [1.807, 2.05) is 18.2 Å². The molecule has 1 saturated carbocycles. The molecule has 0 saturated heterocycles. The molecule has 1 aliphatic carbocycles. The Balaban J connectivity index is 0.00000220. The molecular formula is C15H24IN3O2. The van der Waals surface area contributed by atoms with Gasteiger partial charge in [-0.25, -0.2) is 0 Å². The smallest absolute Gasteiger partial charge is 0.191 e. The van der Waals surface area contributed by atoms with Gasteiger partial charge in [-0.1, -0.05) is 12.1 Å². The summed E-state index contributed by atoms with van der Waals surface area (Å²) in [4.78, 5) is 4.22. The van der Waals surface area contributed by atoms with Gasteiger partial charge in [0, 0.05) is 25.7 Å². The fraction of sp³-hybridized carbons (Fsp3) is 0.533. The van der Waals surface area contributed by atoms with Crippen LogP contribution in [0.15, 0.2) is 23.2 Å². The van der Waals surface area contributed by atoms with E-state index in [4.69, 9.17) is 9.47 Å². The van der Waals surface area contributed by atoms with E-state index in [2.05, 4.69) is 15.6 Å². The number of guanidine groups is 1. The summed E-state index contributed by atoms with van der Waals surface area (Å²) in [6.45, 7) is 1.64. The number of para-hydroxylation sites is 1. The zero-order valence-electron chi connectivity index (χ0n) is 12.8. The van der Waals surface area contributed by atoms with E-state index in [1.54, 1.807) is 21.3 Å². The number of hydrogen-bond acceptors (Lipinski definition) is 3. The highest BCUT2D eigenvalue weighted by Crippen LogP contribution is 2.30. The average molecular weight is 405 g/mol. The van der Waals surface area contributed by atoms with Crippen molar-refractivity contribution in [2.45, 2.75) is 19.4 Å². The lowest BCUT2D eigenvalue weighted by Crippen LogP contribution is -2.37. The van der Waals surface area contributed by atoms with Crippen LogP contribution >= 0.6 is 24.0 Å². The molecule has 0 aromatic heterocycles. The van der Waals surface area contributed by atoms with Crippen molar-refractivity contribution in [1.29, 1.82) is 0 Å². The van der Waals surface area contributed by atoms with Crippen LogP contribution in [0.4, 0.5) is 0 Å². The highest BCUT2D eigenvalue weighted by Gasteiger charge is 2.21. The Labute approximate surface area is 143 Å². The number of rotatable bonds is 6. The first-order valence-corrected chi connectivity index (χ1v) is 6.92. The molecule has 118 valence electrons. The second-order valence-electron chi connectivity index (χ2n) is 4.90. The Morgan fingerprint density at radius 2 is 2.00 bits per heavy atom. The highest BCUT2D eigenvalue weighted by atomic mass is 127. The third kappa shape index (κ3) is 5.26. The number of ether oxygens (including phenoxy) is 2. The van der Waals surface area contributed by atoms with Gasteiger partial charge < -0.3 is 20.1 Å². The van der Waals surface area contributed by atoms with E-state index < -0.39 is 0 Å². The van der Waals surface area contributed by atoms with Crippen LogP contribution in [-0.2, 0) is 6.54 Å². The SMILES string of the molecule is CN=C(NCc1cccc(OC)c1OC)NCC1CC1.I. The number of methoxy groups -OCH3 is 2. The Hall–Kier alpha value is -1.18. The van der Waals surface area contributed by atoms with Crippen LogP contribution in [0.25, 0.3) is 0 Å². The molecule has 0 atom stereocenters. The van der Waals surface area contributed by atoms with Gasteiger partial charge in [-0.15, -0.1) is 24.0 Å². The second-order valence-corrected chi connectivity index (χ2v) is 4.90. The quantitative estimate of drug-likeness (QED) is 0.434. The van der Waals surface area contributed by atoms with Crippen molar-refractivity contribution in [3.8, 4) is 11.5 Å². The molecule has 0 amide bonds. The maximum absolute atomic E-state index is 5.42. The minimum Gasteiger partial charge on any atom is -0.493 e. The average Bonchev–Trinajstić information content (AvgIpc) is 3.31. The molecule has 2 rings (SSSR count). The molecule has 6 heteroatoms. The van der Waals surface area contributed by atoms with Gasteiger partial charge in [-0.05, 0) is 24.8 Å². The van der Waals surface area contributed by atoms with Crippen molar-refractivity contribution in [1.82, 2.24) is 10.6 Å². The molecule has 0 heterocycles. The molecule has 1 fully saturated rings. The lowest BCUT2D eigenvalue weighted by atomic mass is 10.2. The predicted octanol–water partition coefficient (Wildman–Crippen LogP) is 2.40. The third-order valence-electron chi connectivity index (χ3n) is 3.41. The second kappa shape index (κ2) is 8.96. The van der Waals surface area contributed by atoms with E-state index in [1.165, 1.54) is 12.8 Å². The van der Waals surface area contributed by atoms with Crippen LogP contribution in [0.2, 0.25) is 0 Å². The van der Waals surface area contributed by atoms with E-state index in [0.717, 1.165) is 35.5 Å². The minimum absolute atomic E-state index is 0. The van der Waals surface area contributed by atoms with Gasteiger partial charge in [-0.2, -0.15) is 0 Å². The van der Waals surface area contributed by atoms with E-state index >= 15 is 0 Å². The van der Waals surface area contributed by atoms with Gasteiger partial charge in [0.1, 0.15) is 0 Å². The van der Waals surface area contributed by atoms with E-state index in [0.29, 0.717) is 6.54 Å². The van der Waals surface area contributed by atoms with E-state index in [-0.39, 0.29) is 24.0 Å². The molecule has 1 aliphatic rings. The van der Waals surface area contributed by atoms with Crippen LogP contribution in [0.1, 0.15) is 18.4 Å². The van der Waals surface area contributed by atoms with Crippen LogP contribution in [0, 0.1) is 5.92 Å². The number of nitrogens with zero attached hydrogens (tertiary/aromatic N) is 1. The van der Waals surface area contributed by atoms with E-state index in [9.17, 15) is 0 Å². The first kappa shape index (κ1) is 17.9. The summed E-state index contributed by atoms with van der Waals surface area (Å²) in [6, 6.07) is 5.86. The van der Waals surface area contributed by atoms with Crippen molar-refractivity contribution < 1.29 is 9.47 Å². The minimum atomic E-state index is 0. The zero-order valence-corrected chi connectivity index (χ0v) is 15.1. The summed E-state index contributed by atoms with van der Waals surface area (Å²) < 4.78 is 10.7. The highest BCUT2D eigenvalue weighted by molar-refractivity contribution is 14.0. The lowest BCUT2D eigenvalue weighted by Gasteiger charge is -2.15. The molecule has 5 nitrogen and oxygen atoms in total. The fourth-order valence-electron chi connectivity index (χ4n) is 2.06. The molecule has 2 N–H and O–H groups in total. The number of aliphatic imine (C=N–C) groups is 1. The maximum atomic E-state index is 5.42. The Bertz CT molecular complexity index is 476. The fourth-order valence-corrected chi connectivity index (χ4v) is 2.06. The van der Waals surface area contributed by atoms with Crippen LogP contribution < -0.4 is 20.1 Å². The van der Waals surface area contributed by atoms with Crippen molar-refractivity contribution in [2.75, 3.05) is 27.8 Å². The molecule has 0 bridgehead atoms. The normalized spacial score (nSPS) is 14.1. The molecule has 0 spiro atoms. The van der Waals surface area contributed by atoms with Gasteiger partial charge in [0.05, 0.1) is 14.2 Å². The van der Waals surface area contributed by atoms with Crippen molar-refractivity contribution in [3.63, 3.8) is 0 Å². The summed E-state index contributed by atoms with van der Waals surface area (Å²) in [6.07, 6.45) is 2.65. The van der Waals surface area contributed by atoms with Crippen LogP contribution in [0.3, 0.4) is 0 Å². The molecule has 1 aromatic carbocycles. The van der Waals surface area contributed by atoms with Gasteiger partial charge >= 0.3 is 0 Å². The monoisotopic (exact) mass is 405 g/mol. The summed E-state index contributed by atoms with van der Waals surface area (Å²) >= 11 is 0. The molecule has 0 radical (unpaired) electrons. The molecule has 0 unspecified atom stereocenters. The van der Waals surface area contributed by atoms with Crippen molar-refractivity contribution >= 4 is 29.9 Å². The first-order valence-electron chi connectivity index (χ1n) is 6.92. The summed E-state index contributed by atoms with van der Waals surface area (Å²) in [5, 5.41) is 6.63. The molecular weight excluding hydrogens is 381 g/mol. The standard InChI is InChI=1S/C15H23N3O2.HI/c1-16-15(17-9-11-7-8-11)18-10-12-5-4-6-13(19-2)14(12)20-3;/h4-6,11H,7-10H2,1-3H3,(H2,16,17,18);1H. The summed E-state index contributed by atoms with van der Waals surface area (Å²) in [5.41, 5.74) is 1.04. The first-order chi connectivity index (χ1) is 9.78. The Morgan fingerprint density at radius 1 is 1.24 bits per heavy atom. The van der Waals surface area contributed by atoms with Gasteiger partial charge in [0.2, 0.25) is 0 Å². The van der Waals surface area contributed by atoms with Gasteiger partial charge in [0.25, 0.3) is 0 Å². The lowest BCUT2D eigenvalue weighted by molar-refractivity contribution is 0.351. The summed E-state index contributed by atoms with van der Waals surface area (Å²) in [5.74, 6) is 3.15. The zero-order chi connectivity index (χ0) is 14.4. The molecule has 21 heavy (non-hydrogen) atoms. The largest absolute Gasteiger partial charge is 0.493 e. The van der Waals surface area contributed by atoms with Crippen LogP contribution in [-0.4, -0.2) is 33.8 Å². The molecule has 1 aromatic rings. The maximum Gasteiger partial charge on any atom is 0.191 e. The van der Waals surface area contributed by atoms with Crippen molar-refractivity contribution in [3.05, 3.63) is 23.8 Å². The number of hydrogen-bond donors (Lipinski definition) is 2. The van der Waals surface area contributed by atoms with Gasteiger partial charge in [0.15, 0.2) is 17.5 Å².